The molecule has 8 heteroatoms. The molecule has 4 aromatic carbocycles. The highest BCUT2D eigenvalue weighted by Crippen LogP contribution is 2.65. The van der Waals surface area contributed by atoms with E-state index in [1.54, 1.807) is 18.0 Å². The van der Waals surface area contributed by atoms with E-state index in [0.717, 1.165) is 99.9 Å². The van der Waals surface area contributed by atoms with Gasteiger partial charge in [-0.15, -0.1) is 0 Å². The summed E-state index contributed by atoms with van der Waals surface area (Å²) < 4.78 is 6.97. The number of pyridine rings is 5. The Morgan fingerprint density at radius 2 is 1.19 bits per heavy atom. The number of fused-ring (bicyclic) bond motifs is 12. The van der Waals surface area contributed by atoms with Gasteiger partial charge in [0, 0.05) is 47.6 Å². The summed E-state index contributed by atoms with van der Waals surface area (Å²) in [6.45, 7) is 0. The summed E-state index contributed by atoms with van der Waals surface area (Å²) in [5.74, 6) is 1.61. The van der Waals surface area contributed by atoms with Crippen LogP contribution in [0.3, 0.4) is 0 Å². The molecule has 1 unspecified atom stereocenters. The zero-order chi connectivity index (χ0) is 38.2. The topological polar surface area (TPSA) is 76.9 Å². The maximum Gasteiger partial charge on any atom is 0.165 e. The van der Waals surface area contributed by atoms with Crippen LogP contribution in [-0.2, 0) is 5.41 Å². The average molecular weight is 763 g/mol. The highest BCUT2D eigenvalue weighted by molar-refractivity contribution is 7.99. The van der Waals surface area contributed by atoms with E-state index in [9.17, 15) is 0 Å². The number of hydrogen-bond acceptors (Lipinski definition) is 8. The summed E-state index contributed by atoms with van der Waals surface area (Å²) in [6.07, 6.45) is 12.9. The van der Waals surface area contributed by atoms with Crippen LogP contribution in [0.4, 0.5) is 17.1 Å². The molecule has 0 N–H and O–H groups in total. The summed E-state index contributed by atoms with van der Waals surface area (Å²) >= 11 is 1.76. The van der Waals surface area contributed by atoms with Gasteiger partial charge in [0.25, 0.3) is 0 Å². The lowest BCUT2D eigenvalue weighted by Gasteiger charge is -2.41. The van der Waals surface area contributed by atoms with Crippen LogP contribution < -0.4 is 9.64 Å². The van der Waals surface area contributed by atoms with Crippen molar-refractivity contribution in [3.63, 3.8) is 0 Å². The highest BCUT2D eigenvalue weighted by atomic mass is 32.2. The Kier molecular flexibility index (Phi) is 7.24. The molecule has 58 heavy (non-hydrogen) atoms. The molecular weight excluding hydrogens is 733 g/mol. The molecule has 0 radical (unpaired) electrons. The normalized spacial score (nSPS) is 15.3. The smallest absolute Gasteiger partial charge is 0.165 e. The van der Waals surface area contributed by atoms with E-state index >= 15 is 0 Å². The van der Waals surface area contributed by atoms with Crippen LogP contribution >= 0.6 is 11.8 Å². The number of ether oxygens (including phenoxy) is 1. The van der Waals surface area contributed by atoms with E-state index in [2.05, 4.69) is 105 Å². The van der Waals surface area contributed by atoms with Crippen LogP contribution in [0.2, 0.25) is 0 Å². The van der Waals surface area contributed by atoms with Crippen molar-refractivity contribution in [1.29, 1.82) is 0 Å². The van der Waals surface area contributed by atoms with Crippen molar-refractivity contribution in [2.45, 2.75) is 15.2 Å². The van der Waals surface area contributed by atoms with E-state index in [1.165, 1.54) is 5.56 Å². The van der Waals surface area contributed by atoms with E-state index in [0.29, 0.717) is 0 Å². The first-order valence-corrected chi connectivity index (χ1v) is 19.9. The molecule has 1 atom stereocenters. The number of hydrogen-bond donors (Lipinski definition) is 0. The molecule has 3 aliphatic rings. The Labute approximate surface area is 338 Å². The first kappa shape index (κ1) is 32.8. The highest BCUT2D eigenvalue weighted by Gasteiger charge is 2.53. The lowest BCUT2D eigenvalue weighted by atomic mass is 9.67. The predicted molar refractivity (Wildman–Crippen MR) is 228 cm³/mol. The van der Waals surface area contributed by atoms with Crippen molar-refractivity contribution >= 4 is 28.8 Å². The lowest BCUT2D eigenvalue weighted by Crippen LogP contribution is -2.32. The third kappa shape index (κ3) is 4.79. The maximum atomic E-state index is 6.97. The Balaban J connectivity index is 1.09. The molecular formula is C50H30N6OS. The van der Waals surface area contributed by atoms with E-state index in [4.69, 9.17) is 14.7 Å². The lowest BCUT2D eigenvalue weighted by molar-refractivity contribution is 0.461. The molecule has 7 nitrogen and oxygen atoms in total. The monoisotopic (exact) mass is 762 g/mol. The summed E-state index contributed by atoms with van der Waals surface area (Å²) in [7, 11) is 0. The van der Waals surface area contributed by atoms with Crippen LogP contribution in [0, 0.1) is 0 Å². The number of benzene rings is 4. The number of anilines is 3. The Bertz CT molecular complexity index is 3030. The minimum atomic E-state index is -0.697. The average Bonchev–Trinajstić information content (AvgIpc) is 3.59. The van der Waals surface area contributed by atoms with Crippen LogP contribution in [0.5, 0.6) is 11.5 Å². The molecule has 0 fully saturated rings. The summed E-state index contributed by atoms with van der Waals surface area (Å²) in [6, 6.07) is 49.1. The summed E-state index contributed by atoms with van der Waals surface area (Å²) in [5.41, 5.74) is 14.7. The quantitative estimate of drug-likeness (QED) is 0.175. The second kappa shape index (κ2) is 12.8. The Morgan fingerprint density at radius 3 is 1.98 bits per heavy atom. The van der Waals surface area contributed by atoms with Gasteiger partial charge in [-0.1, -0.05) is 60.3 Å². The van der Waals surface area contributed by atoms with Gasteiger partial charge in [0.15, 0.2) is 11.5 Å². The SMILES string of the molecule is c1cncc(N2c3ccccc3Oc3c2ccc2c3Sc3ccccc3C23c2cccnc2-c2nc(-c4cc(-c5ccncc5)cc(-c5ccncc5)c4)ccc23)c1. The molecule has 2 aliphatic heterocycles. The van der Waals surface area contributed by atoms with Crippen molar-refractivity contribution in [3.05, 3.63) is 205 Å². The van der Waals surface area contributed by atoms with E-state index in [1.807, 2.05) is 91.8 Å². The van der Waals surface area contributed by atoms with Crippen molar-refractivity contribution in [2.75, 3.05) is 4.90 Å². The molecule has 0 saturated heterocycles. The number of para-hydroxylation sites is 2. The van der Waals surface area contributed by atoms with Gasteiger partial charge in [0.05, 0.1) is 50.7 Å². The van der Waals surface area contributed by atoms with Gasteiger partial charge in [-0.2, -0.15) is 0 Å². The Morgan fingerprint density at radius 1 is 0.500 bits per heavy atom. The van der Waals surface area contributed by atoms with Crippen molar-refractivity contribution in [1.82, 2.24) is 24.9 Å². The fourth-order valence-corrected chi connectivity index (χ4v) is 10.3. The van der Waals surface area contributed by atoms with Crippen LogP contribution in [0.1, 0.15) is 22.3 Å². The Hall–Kier alpha value is -7.42. The van der Waals surface area contributed by atoms with Crippen molar-refractivity contribution in [2.24, 2.45) is 0 Å². The maximum absolute atomic E-state index is 6.97. The van der Waals surface area contributed by atoms with Gasteiger partial charge in [0.1, 0.15) is 0 Å². The predicted octanol–water partition coefficient (Wildman–Crippen LogP) is 12.1. The molecule has 7 heterocycles. The largest absolute Gasteiger partial charge is 0.452 e. The fraction of sp³-hybridized carbons (Fsp3) is 0.0200. The summed E-state index contributed by atoms with van der Waals surface area (Å²) in [4.78, 5) is 28.2. The molecule has 0 saturated carbocycles. The number of aromatic nitrogens is 5. The minimum absolute atomic E-state index is 0.697. The first-order valence-electron chi connectivity index (χ1n) is 19.1. The van der Waals surface area contributed by atoms with Gasteiger partial charge in [-0.25, -0.2) is 4.98 Å². The standard InChI is InChI=1S/C50H30N6OS/c1-4-12-45-37(8-1)50(40-14-16-43-48(49(40)58-45)57-44-11-3-2-10-42(44)56(43)36-7-5-21-53-30-36)38-9-6-22-54-46(38)47-39(50)13-15-41(55-47)35-28-33(31-17-23-51-24-18-31)27-34(29-35)32-19-25-52-26-20-32/h1-30H. The van der Waals surface area contributed by atoms with E-state index in [-0.39, 0.29) is 0 Å². The van der Waals surface area contributed by atoms with Crippen LogP contribution in [0.25, 0.3) is 44.9 Å². The molecule has 5 aromatic heterocycles. The van der Waals surface area contributed by atoms with Gasteiger partial charge >= 0.3 is 0 Å². The molecule has 12 rings (SSSR count). The van der Waals surface area contributed by atoms with Crippen LogP contribution in [0.15, 0.2) is 193 Å². The molecule has 1 aliphatic carbocycles. The second-order valence-corrected chi connectivity index (χ2v) is 15.6. The molecule has 272 valence electrons. The summed E-state index contributed by atoms with van der Waals surface area (Å²) in [5, 5.41) is 0. The molecule has 1 spiro atoms. The third-order valence-corrected chi connectivity index (χ3v) is 12.6. The minimum Gasteiger partial charge on any atom is -0.452 e. The fourth-order valence-electron chi connectivity index (χ4n) is 9.00. The van der Waals surface area contributed by atoms with Crippen molar-refractivity contribution in [3.8, 4) is 56.4 Å². The van der Waals surface area contributed by atoms with Gasteiger partial charge in [-0.3, -0.25) is 19.9 Å². The zero-order valence-corrected chi connectivity index (χ0v) is 31.6. The van der Waals surface area contributed by atoms with Gasteiger partial charge < -0.3 is 9.64 Å². The van der Waals surface area contributed by atoms with E-state index < -0.39 is 5.41 Å². The zero-order valence-electron chi connectivity index (χ0n) is 30.8. The van der Waals surface area contributed by atoms with Gasteiger partial charge in [0.2, 0.25) is 0 Å². The molecule has 0 bridgehead atoms. The number of rotatable bonds is 4. The number of nitrogens with zero attached hydrogens (tertiary/aromatic N) is 6. The van der Waals surface area contributed by atoms with Crippen LogP contribution in [-0.4, -0.2) is 24.9 Å². The van der Waals surface area contributed by atoms with Gasteiger partial charge in [-0.05, 0) is 136 Å². The molecule has 9 aromatic rings. The first-order chi connectivity index (χ1) is 28.8. The van der Waals surface area contributed by atoms with Crippen molar-refractivity contribution < 1.29 is 4.74 Å². The second-order valence-electron chi connectivity index (χ2n) is 14.5. The third-order valence-electron chi connectivity index (χ3n) is 11.5. The molecule has 0 amide bonds.